The van der Waals surface area contributed by atoms with Crippen LogP contribution in [0.2, 0.25) is 0 Å². The minimum absolute atomic E-state index is 0.0553. The number of nitrogens with one attached hydrogen (secondary N) is 2. The highest BCUT2D eigenvalue weighted by Crippen LogP contribution is 2.40. The van der Waals surface area contributed by atoms with Crippen LogP contribution in [0.1, 0.15) is 52.9 Å². The number of carbonyl (C=O) groups excluding carboxylic acids is 2. The summed E-state index contributed by atoms with van der Waals surface area (Å²) in [6, 6.07) is 6.25. The summed E-state index contributed by atoms with van der Waals surface area (Å²) in [5.41, 5.74) is -1.86. The molecule has 4 rings (SSSR count). The Bertz CT molecular complexity index is 1010. The van der Waals surface area contributed by atoms with Crippen molar-refractivity contribution in [2.45, 2.75) is 56.0 Å². The number of hydrogen-bond donors (Lipinski definition) is 3. The second-order valence-electron chi connectivity index (χ2n) is 8.95. The molecule has 1 saturated heterocycles. The lowest BCUT2D eigenvalue weighted by Crippen LogP contribution is -2.45. The summed E-state index contributed by atoms with van der Waals surface area (Å²) in [5, 5.41) is 16.2. The average Bonchev–Trinajstić information content (AvgIpc) is 3.51. The zero-order valence-electron chi connectivity index (χ0n) is 18.5. The van der Waals surface area contributed by atoms with Crippen molar-refractivity contribution in [2.75, 3.05) is 19.6 Å². The topological polar surface area (TPSA) is 94.6 Å². The summed E-state index contributed by atoms with van der Waals surface area (Å²) in [7, 11) is 0. The van der Waals surface area contributed by atoms with Gasteiger partial charge in [-0.15, -0.1) is 0 Å². The first-order chi connectivity index (χ1) is 16.1. The maximum absolute atomic E-state index is 12.8. The summed E-state index contributed by atoms with van der Waals surface area (Å²) < 4.78 is 42.6. The number of likely N-dealkylation sites (tertiary alicyclic amines) is 1. The van der Waals surface area contributed by atoms with Crippen molar-refractivity contribution in [3.8, 4) is 0 Å². The van der Waals surface area contributed by atoms with Gasteiger partial charge in [-0.1, -0.05) is 6.07 Å². The lowest BCUT2D eigenvalue weighted by atomic mass is 9.81. The molecular weight excluding hydrogens is 469 g/mol. The molecule has 2 heterocycles. The molecule has 1 atom stereocenters. The van der Waals surface area contributed by atoms with E-state index in [2.05, 4.69) is 19.9 Å². The number of aromatic nitrogens is 1. The molecule has 184 valence electrons. The van der Waals surface area contributed by atoms with Gasteiger partial charge in [0.25, 0.3) is 5.91 Å². The van der Waals surface area contributed by atoms with Gasteiger partial charge in [0, 0.05) is 36.9 Å². The summed E-state index contributed by atoms with van der Waals surface area (Å²) in [5.74, 6) is -1.11. The highest BCUT2D eigenvalue weighted by molar-refractivity contribution is 7.05. The van der Waals surface area contributed by atoms with E-state index in [-0.39, 0.29) is 24.1 Å². The lowest BCUT2D eigenvalue weighted by molar-refractivity contribution is -0.137. The molecule has 2 aliphatic rings. The van der Waals surface area contributed by atoms with Crippen LogP contribution in [0.15, 0.2) is 36.5 Å². The Morgan fingerprint density at radius 1 is 1.21 bits per heavy atom. The molecule has 0 radical (unpaired) electrons. The maximum Gasteiger partial charge on any atom is 0.416 e. The van der Waals surface area contributed by atoms with E-state index in [0.29, 0.717) is 25.4 Å². The van der Waals surface area contributed by atoms with Crippen molar-refractivity contribution in [2.24, 2.45) is 0 Å². The lowest BCUT2D eigenvalue weighted by Gasteiger charge is -2.39. The molecule has 2 amide bonds. The molecule has 1 aromatic heterocycles. The third kappa shape index (κ3) is 5.76. The van der Waals surface area contributed by atoms with Gasteiger partial charge in [0.05, 0.1) is 17.0 Å². The van der Waals surface area contributed by atoms with Crippen LogP contribution in [-0.2, 0) is 16.6 Å². The average molecular weight is 497 g/mol. The molecule has 1 unspecified atom stereocenters. The number of nitrogens with zero attached hydrogens (tertiary/aromatic N) is 2. The van der Waals surface area contributed by atoms with Gasteiger partial charge < -0.3 is 15.7 Å². The summed E-state index contributed by atoms with van der Waals surface area (Å²) in [6.07, 6.45) is 1.02. The Labute approximate surface area is 199 Å². The standard InChI is InChI=1S/C23H27F3N4O3S/c24-23(25,26)16-3-1-2-15(12-16)21(32)27-13-20(31)29-17-7-11-30(14-17)18-4-8-22(33,9-5-18)19-6-10-28-34-19/h1-3,6,10,12,17-18,33H,4-5,7-9,11,13-14H2,(H,27,32)(H,29,31). The third-order valence-corrected chi connectivity index (χ3v) is 7.58. The SMILES string of the molecule is O=C(CNC(=O)c1cccc(C(F)(F)F)c1)NC1CCN(C2CCC(O)(c3ccns3)CC2)C1. The monoisotopic (exact) mass is 496 g/mol. The van der Waals surface area contributed by atoms with Gasteiger partial charge in [-0.3, -0.25) is 14.5 Å². The van der Waals surface area contributed by atoms with Crippen LogP contribution in [0, 0.1) is 0 Å². The second-order valence-corrected chi connectivity index (χ2v) is 9.78. The first kappa shape index (κ1) is 24.6. The number of halogens is 3. The second kappa shape index (κ2) is 10.0. The predicted octanol–water partition coefficient (Wildman–Crippen LogP) is 2.91. The summed E-state index contributed by atoms with van der Waals surface area (Å²) >= 11 is 1.33. The van der Waals surface area contributed by atoms with Gasteiger partial charge in [-0.2, -0.15) is 13.2 Å². The molecule has 1 saturated carbocycles. The number of aliphatic hydroxyl groups is 1. The van der Waals surface area contributed by atoms with E-state index >= 15 is 0 Å². The number of carbonyl (C=O) groups is 2. The first-order valence-electron chi connectivity index (χ1n) is 11.3. The van der Waals surface area contributed by atoms with Crippen molar-refractivity contribution in [1.29, 1.82) is 0 Å². The number of amides is 2. The van der Waals surface area contributed by atoms with Gasteiger partial charge in [0.15, 0.2) is 0 Å². The molecule has 11 heteroatoms. The minimum atomic E-state index is -4.54. The van der Waals surface area contributed by atoms with Gasteiger partial charge >= 0.3 is 6.18 Å². The zero-order valence-corrected chi connectivity index (χ0v) is 19.3. The zero-order chi connectivity index (χ0) is 24.3. The van der Waals surface area contributed by atoms with E-state index in [9.17, 15) is 27.9 Å². The Morgan fingerprint density at radius 2 is 1.97 bits per heavy atom. The normalized spacial score (nSPS) is 25.8. The molecule has 0 bridgehead atoms. The third-order valence-electron chi connectivity index (χ3n) is 6.64. The number of hydrogen-bond acceptors (Lipinski definition) is 6. The van der Waals surface area contributed by atoms with Gasteiger partial charge in [-0.25, -0.2) is 4.37 Å². The first-order valence-corrected chi connectivity index (χ1v) is 12.0. The smallest absolute Gasteiger partial charge is 0.384 e. The molecule has 0 spiro atoms. The molecule has 2 aromatic rings. The van der Waals surface area contributed by atoms with Gasteiger partial charge in [0.2, 0.25) is 5.91 Å². The Balaban J connectivity index is 1.21. The Kier molecular flexibility index (Phi) is 7.25. The molecule has 1 aliphatic heterocycles. The fraction of sp³-hybridized carbons (Fsp3) is 0.522. The van der Waals surface area contributed by atoms with Crippen LogP contribution in [-0.4, -0.2) is 57.9 Å². The largest absolute Gasteiger partial charge is 0.416 e. The highest BCUT2D eigenvalue weighted by Gasteiger charge is 2.39. The molecule has 1 aromatic carbocycles. The van der Waals surface area contributed by atoms with Crippen LogP contribution in [0.25, 0.3) is 0 Å². The van der Waals surface area contributed by atoms with E-state index in [1.165, 1.54) is 17.6 Å². The molecule has 3 N–H and O–H groups in total. The van der Waals surface area contributed by atoms with Gasteiger partial charge in [0.1, 0.15) is 5.60 Å². The van der Waals surface area contributed by atoms with Crippen molar-refractivity contribution in [1.82, 2.24) is 19.9 Å². The quantitative estimate of drug-likeness (QED) is 0.572. The number of alkyl halides is 3. The molecule has 1 aliphatic carbocycles. The van der Waals surface area contributed by atoms with Crippen LogP contribution >= 0.6 is 11.5 Å². The van der Waals surface area contributed by atoms with E-state index in [4.69, 9.17) is 0 Å². The Morgan fingerprint density at radius 3 is 2.65 bits per heavy atom. The van der Waals surface area contributed by atoms with Crippen LogP contribution in [0.4, 0.5) is 13.2 Å². The fourth-order valence-electron chi connectivity index (χ4n) is 4.76. The number of rotatable bonds is 6. The van der Waals surface area contributed by atoms with E-state index in [0.717, 1.165) is 48.9 Å². The van der Waals surface area contributed by atoms with Gasteiger partial charge in [-0.05, 0) is 67.9 Å². The molecule has 34 heavy (non-hydrogen) atoms. The van der Waals surface area contributed by atoms with E-state index < -0.39 is 23.2 Å². The van der Waals surface area contributed by atoms with Crippen LogP contribution in [0.5, 0.6) is 0 Å². The summed E-state index contributed by atoms with van der Waals surface area (Å²) in [6.45, 7) is 1.22. The fourth-order valence-corrected chi connectivity index (χ4v) is 5.49. The molecule has 2 fully saturated rings. The van der Waals surface area contributed by atoms with Crippen LogP contribution in [0.3, 0.4) is 0 Å². The van der Waals surface area contributed by atoms with E-state index in [1.807, 2.05) is 6.07 Å². The Hall–Kier alpha value is -2.50. The molecular formula is C23H27F3N4O3S. The summed E-state index contributed by atoms with van der Waals surface area (Å²) in [4.78, 5) is 27.7. The highest BCUT2D eigenvalue weighted by atomic mass is 32.1. The number of benzene rings is 1. The van der Waals surface area contributed by atoms with Crippen LogP contribution < -0.4 is 10.6 Å². The van der Waals surface area contributed by atoms with Crippen molar-refractivity contribution in [3.63, 3.8) is 0 Å². The van der Waals surface area contributed by atoms with Crippen molar-refractivity contribution >= 4 is 23.3 Å². The molecule has 7 nitrogen and oxygen atoms in total. The maximum atomic E-state index is 12.8. The minimum Gasteiger partial charge on any atom is -0.384 e. The van der Waals surface area contributed by atoms with Crippen molar-refractivity contribution < 1.29 is 27.9 Å². The predicted molar refractivity (Wildman–Crippen MR) is 120 cm³/mol. The van der Waals surface area contributed by atoms with Crippen molar-refractivity contribution in [3.05, 3.63) is 52.5 Å². The van der Waals surface area contributed by atoms with E-state index in [1.54, 1.807) is 6.20 Å².